The van der Waals surface area contributed by atoms with Gasteiger partial charge in [-0.2, -0.15) is 13.5 Å². The van der Waals surface area contributed by atoms with E-state index in [2.05, 4.69) is 19.7 Å². The van der Waals surface area contributed by atoms with Gasteiger partial charge in [0.2, 0.25) is 0 Å². The second-order valence-electron chi connectivity index (χ2n) is 12.8. The maximum Gasteiger partial charge on any atom is 0.418 e. The number of fused-ring (bicyclic) bond motifs is 1. The van der Waals surface area contributed by atoms with Gasteiger partial charge >= 0.3 is 16.4 Å². The van der Waals surface area contributed by atoms with Gasteiger partial charge in [0.1, 0.15) is 23.3 Å². The Morgan fingerprint density at radius 2 is 2.02 bits per heavy atom. The smallest absolute Gasteiger partial charge is 0.418 e. The first kappa shape index (κ1) is 35.9. The lowest BCUT2D eigenvalue weighted by atomic mass is 9.75. The lowest BCUT2D eigenvalue weighted by Gasteiger charge is -2.50. The molecule has 49 heavy (non-hydrogen) atoms. The van der Waals surface area contributed by atoms with Crippen molar-refractivity contribution in [2.75, 3.05) is 12.3 Å². The maximum absolute atomic E-state index is 13.5. The van der Waals surface area contributed by atoms with Crippen LogP contribution in [-0.2, 0) is 40.3 Å². The van der Waals surface area contributed by atoms with Crippen LogP contribution in [-0.4, -0.2) is 92.8 Å². The number of nitrogens with zero attached hydrogens (tertiary/aromatic N) is 4. The number of amidine groups is 1. The van der Waals surface area contributed by atoms with E-state index < -0.39 is 57.2 Å². The van der Waals surface area contributed by atoms with Gasteiger partial charge < -0.3 is 37.2 Å². The third-order valence-corrected chi connectivity index (χ3v) is 10.0. The van der Waals surface area contributed by atoms with Crippen molar-refractivity contribution < 1.29 is 46.3 Å². The summed E-state index contributed by atoms with van der Waals surface area (Å²) >= 11 is 0.965. The fraction of sp³-hybridized carbons (Fsp3) is 0.517. The van der Waals surface area contributed by atoms with E-state index in [4.69, 9.17) is 36.3 Å². The van der Waals surface area contributed by atoms with Crippen LogP contribution in [0.3, 0.4) is 0 Å². The number of aromatic nitrogens is 1. The zero-order chi connectivity index (χ0) is 35.9. The van der Waals surface area contributed by atoms with Crippen molar-refractivity contribution in [3.05, 3.63) is 40.4 Å². The van der Waals surface area contributed by atoms with E-state index in [1.807, 2.05) is 6.07 Å². The molecule has 0 bridgehead atoms. The van der Waals surface area contributed by atoms with Crippen LogP contribution in [0.5, 0.6) is 5.75 Å². The number of aliphatic carboxylic acids is 1. The Kier molecular flexibility index (Phi) is 9.65. The lowest BCUT2D eigenvalue weighted by molar-refractivity contribution is -0.218. The number of rotatable bonds is 13. The Morgan fingerprint density at radius 1 is 1.31 bits per heavy atom. The summed E-state index contributed by atoms with van der Waals surface area (Å²) in [6, 6.07) is 3.95. The van der Waals surface area contributed by atoms with E-state index in [0.29, 0.717) is 35.2 Å². The SMILES string of the molecule is CC(O/N=C(\C(=O)N[C@@H]1C(=O)N(OS(=O)(=O)O)C1(C)C)c1csc(N)n1)(C(=O)O)[C@H]1CCc2cc(C(N)=NC3(CCN)CCC3)ccc2O1. The third kappa shape index (κ3) is 7.18. The molecule has 0 spiro atoms. The van der Waals surface area contributed by atoms with E-state index in [9.17, 15) is 27.9 Å². The molecule has 2 fully saturated rings. The van der Waals surface area contributed by atoms with Crippen molar-refractivity contribution in [1.29, 1.82) is 0 Å². The highest BCUT2D eigenvalue weighted by Crippen LogP contribution is 2.39. The molecular weight excluding hydrogens is 684 g/mol. The molecule has 3 aliphatic rings. The highest BCUT2D eigenvalue weighted by molar-refractivity contribution is 7.80. The predicted molar refractivity (Wildman–Crippen MR) is 176 cm³/mol. The summed E-state index contributed by atoms with van der Waals surface area (Å²) in [5.74, 6) is -2.64. The van der Waals surface area contributed by atoms with Crippen LogP contribution in [0.15, 0.2) is 33.7 Å². The second kappa shape index (κ2) is 13.2. The highest BCUT2D eigenvalue weighted by Gasteiger charge is 2.58. The van der Waals surface area contributed by atoms with Crippen molar-refractivity contribution in [3.63, 3.8) is 0 Å². The zero-order valence-corrected chi connectivity index (χ0v) is 28.5. The van der Waals surface area contributed by atoms with E-state index in [-0.39, 0.29) is 22.8 Å². The summed E-state index contributed by atoms with van der Waals surface area (Å²) in [4.78, 5) is 53.2. The molecule has 3 atom stereocenters. The van der Waals surface area contributed by atoms with Crippen molar-refractivity contribution in [2.24, 2.45) is 21.6 Å². The van der Waals surface area contributed by atoms with Gasteiger partial charge in [-0.3, -0.25) is 19.1 Å². The van der Waals surface area contributed by atoms with Gasteiger partial charge in [-0.25, -0.2) is 9.78 Å². The van der Waals surface area contributed by atoms with Gasteiger partial charge in [0.25, 0.3) is 17.4 Å². The molecule has 5 rings (SSSR count). The summed E-state index contributed by atoms with van der Waals surface area (Å²) in [5.41, 5.74) is 15.0. The van der Waals surface area contributed by atoms with Crippen LogP contribution < -0.4 is 27.3 Å². The average Bonchev–Trinajstić information content (AvgIpc) is 3.45. The summed E-state index contributed by atoms with van der Waals surface area (Å²) in [6.07, 6.45) is 3.21. The molecule has 2 amide bonds. The van der Waals surface area contributed by atoms with Crippen LogP contribution in [0.1, 0.15) is 69.7 Å². The minimum atomic E-state index is -5.03. The Bertz CT molecular complexity index is 1820. The predicted octanol–water partition coefficient (Wildman–Crippen LogP) is 0.500. The molecule has 0 radical (unpaired) electrons. The van der Waals surface area contributed by atoms with Crippen LogP contribution in [0.25, 0.3) is 0 Å². The number of hydroxylamine groups is 2. The molecule has 1 unspecified atom stereocenters. The molecule has 20 heteroatoms. The number of hydrogen-bond donors (Lipinski definition) is 6. The van der Waals surface area contributed by atoms with Crippen molar-refractivity contribution in [2.45, 2.75) is 88.1 Å². The number of aliphatic imine (C=N–C) groups is 1. The first-order valence-electron chi connectivity index (χ1n) is 15.3. The number of nitrogen functional groups attached to an aromatic ring is 1. The minimum Gasteiger partial charge on any atom is -0.485 e. The molecule has 1 aromatic carbocycles. The number of aryl methyl sites for hydroxylation is 1. The Balaban J connectivity index is 1.35. The fourth-order valence-electron chi connectivity index (χ4n) is 5.92. The van der Waals surface area contributed by atoms with Crippen molar-refractivity contribution in [1.82, 2.24) is 15.4 Å². The number of nitrogens with two attached hydrogens (primary N) is 3. The maximum atomic E-state index is 13.5. The number of ether oxygens (including phenoxy) is 1. The molecule has 2 aliphatic heterocycles. The van der Waals surface area contributed by atoms with E-state index in [1.165, 1.54) is 26.2 Å². The van der Waals surface area contributed by atoms with Gasteiger partial charge in [0, 0.05) is 10.9 Å². The summed E-state index contributed by atoms with van der Waals surface area (Å²) in [7, 11) is -5.03. The number of carboxylic acids is 1. The number of β-lactam (4-membered cyclic amide) rings is 1. The molecule has 3 heterocycles. The molecule has 1 aromatic heterocycles. The average molecular weight is 723 g/mol. The summed E-state index contributed by atoms with van der Waals surface area (Å²) in [5, 5.41) is 18.4. The molecule has 1 aliphatic carbocycles. The fourth-order valence-corrected chi connectivity index (χ4v) is 6.93. The lowest BCUT2D eigenvalue weighted by Crippen LogP contribution is -2.76. The minimum absolute atomic E-state index is 0.0591. The first-order valence-corrected chi connectivity index (χ1v) is 17.5. The van der Waals surface area contributed by atoms with Gasteiger partial charge in [-0.05, 0) is 89.6 Å². The Hall–Kier alpha value is -4.37. The first-order chi connectivity index (χ1) is 22.9. The highest BCUT2D eigenvalue weighted by atomic mass is 32.3. The van der Waals surface area contributed by atoms with Gasteiger partial charge in [-0.15, -0.1) is 15.6 Å². The third-order valence-electron chi connectivity index (χ3n) is 9.02. The molecule has 266 valence electrons. The number of anilines is 1. The summed E-state index contributed by atoms with van der Waals surface area (Å²) < 4.78 is 41.8. The molecule has 9 N–H and O–H groups in total. The zero-order valence-electron chi connectivity index (χ0n) is 26.9. The second-order valence-corrected chi connectivity index (χ2v) is 14.7. The molecule has 18 nitrogen and oxygen atoms in total. The number of carboxylic acid groups (broad SMARTS) is 1. The van der Waals surface area contributed by atoms with Crippen LogP contribution in [0.2, 0.25) is 0 Å². The number of hydrogen-bond acceptors (Lipinski definition) is 14. The topological polar surface area (TPSA) is 284 Å². The van der Waals surface area contributed by atoms with Gasteiger partial charge in [0.05, 0.1) is 11.1 Å². The van der Waals surface area contributed by atoms with Crippen LogP contribution in [0, 0.1) is 0 Å². The number of carbonyl (C=O) groups excluding carboxylic acids is 2. The number of carbonyl (C=O) groups is 3. The van der Waals surface area contributed by atoms with Crippen molar-refractivity contribution in [3.8, 4) is 5.75 Å². The largest absolute Gasteiger partial charge is 0.485 e. The monoisotopic (exact) mass is 722 g/mol. The van der Waals surface area contributed by atoms with E-state index >= 15 is 0 Å². The number of benzene rings is 1. The van der Waals surface area contributed by atoms with Gasteiger partial charge in [-0.1, -0.05) is 5.16 Å². The normalized spacial score (nSPS) is 22.9. The Labute approximate surface area is 285 Å². The number of nitrogens with one attached hydrogen (secondary N) is 1. The standard InChI is InChI=1S/C29H38N8O10S2/c1-27(2)21(24(39)37(27)47-49(42,43)44)34-23(38)20(17-14-48-26(32)33-17)36-46-28(3,25(40)41)19-8-6-15-13-16(5-7-18(15)45-19)22(31)35-29(11-12-30)9-4-10-29/h5,7,13-14,19,21H,4,6,8-12,30H2,1-3H3,(H2,31,35)(H2,32,33)(H,34,38)(H,40,41)(H,42,43,44)/b36-20-/t19-,21-,28?/m1/s1. The van der Waals surface area contributed by atoms with Gasteiger partial charge in [0.15, 0.2) is 16.9 Å². The van der Waals surface area contributed by atoms with Crippen molar-refractivity contribution >= 4 is 56.2 Å². The van der Waals surface area contributed by atoms with Crippen LogP contribution in [0.4, 0.5) is 5.13 Å². The van der Waals surface area contributed by atoms with E-state index in [0.717, 1.165) is 42.6 Å². The quantitative estimate of drug-likeness (QED) is 0.0540. The number of amides is 2. The molecular formula is C29H38N8O10S2. The van der Waals surface area contributed by atoms with Crippen LogP contribution >= 0.6 is 11.3 Å². The molecule has 2 aromatic rings. The molecule has 1 saturated heterocycles. The summed E-state index contributed by atoms with van der Waals surface area (Å²) in [6.45, 7) is 4.50. The van der Waals surface area contributed by atoms with E-state index in [1.54, 1.807) is 12.1 Å². The number of thiazole rings is 1. The Morgan fingerprint density at radius 3 is 2.57 bits per heavy atom. The molecule has 1 saturated carbocycles. The number of oxime groups is 1.